The Morgan fingerprint density at radius 2 is 1.88 bits per heavy atom. The van der Waals surface area contributed by atoms with E-state index in [1.165, 1.54) is 38.5 Å². The van der Waals surface area contributed by atoms with E-state index in [2.05, 4.69) is 15.6 Å². The van der Waals surface area contributed by atoms with Gasteiger partial charge in [-0.05, 0) is 48.1 Å². The summed E-state index contributed by atoms with van der Waals surface area (Å²) >= 11 is 0. The highest BCUT2D eigenvalue weighted by atomic mass is 16.2. The van der Waals surface area contributed by atoms with Crippen molar-refractivity contribution in [2.24, 2.45) is 29.4 Å². The molecular weight excluding hydrogens is 402 g/mol. The number of hydrogen-bond acceptors (Lipinski definition) is 5. The molecule has 7 heteroatoms. The summed E-state index contributed by atoms with van der Waals surface area (Å²) in [5, 5.41) is 6.00. The fourth-order valence-electron chi connectivity index (χ4n) is 5.53. The first-order chi connectivity index (χ1) is 15.4. The van der Waals surface area contributed by atoms with E-state index in [0.717, 1.165) is 24.3 Å². The van der Waals surface area contributed by atoms with Gasteiger partial charge in [0.25, 0.3) is 0 Å². The van der Waals surface area contributed by atoms with Crippen molar-refractivity contribution < 1.29 is 9.59 Å². The summed E-state index contributed by atoms with van der Waals surface area (Å²) in [6.45, 7) is 4.35. The van der Waals surface area contributed by atoms with Crippen LogP contribution in [0.1, 0.15) is 77.2 Å². The lowest BCUT2D eigenvalue weighted by molar-refractivity contribution is -0.131. The number of carbonyl (C=O) groups excluding carboxylic acids is 2. The zero-order valence-electron chi connectivity index (χ0n) is 19.7. The van der Waals surface area contributed by atoms with Crippen LogP contribution in [0.25, 0.3) is 0 Å². The first kappa shape index (κ1) is 24.5. The van der Waals surface area contributed by atoms with Crippen molar-refractivity contribution in [3.8, 4) is 0 Å². The van der Waals surface area contributed by atoms with Crippen molar-refractivity contribution in [2.45, 2.75) is 90.3 Å². The van der Waals surface area contributed by atoms with E-state index in [-0.39, 0.29) is 17.7 Å². The molecule has 2 amide bonds. The Hall–Kier alpha value is -2.15. The number of pyridine rings is 1. The fraction of sp³-hybridized carbons (Fsp3) is 0.720. The second-order valence-electron chi connectivity index (χ2n) is 9.92. The molecule has 0 bridgehead atoms. The Kier molecular flexibility index (Phi) is 8.91. The maximum atomic E-state index is 13.2. The molecule has 4 unspecified atom stereocenters. The van der Waals surface area contributed by atoms with Crippen LogP contribution in [-0.2, 0) is 16.1 Å². The molecule has 2 aliphatic carbocycles. The second kappa shape index (κ2) is 11.6. The number of rotatable bonds is 9. The number of amides is 2. The molecule has 7 nitrogen and oxygen atoms in total. The minimum absolute atomic E-state index is 0.0666. The van der Waals surface area contributed by atoms with E-state index in [4.69, 9.17) is 11.5 Å². The van der Waals surface area contributed by atoms with Crippen LogP contribution in [0, 0.1) is 23.7 Å². The van der Waals surface area contributed by atoms with Crippen LogP contribution in [0.2, 0.25) is 0 Å². The van der Waals surface area contributed by atoms with Crippen molar-refractivity contribution in [1.82, 2.24) is 15.6 Å². The number of nitrogen functional groups attached to an aromatic ring is 1. The third-order valence-corrected chi connectivity index (χ3v) is 7.77. The van der Waals surface area contributed by atoms with E-state index in [1.807, 2.05) is 19.9 Å². The highest BCUT2D eigenvalue weighted by Crippen LogP contribution is 2.45. The number of nitrogens with two attached hydrogens (primary N) is 2. The van der Waals surface area contributed by atoms with E-state index in [9.17, 15) is 9.59 Å². The molecule has 0 spiro atoms. The first-order valence-electron chi connectivity index (χ1n) is 12.4. The van der Waals surface area contributed by atoms with E-state index in [0.29, 0.717) is 30.6 Å². The lowest BCUT2D eigenvalue weighted by atomic mass is 9.64. The average Bonchev–Trinajstić information content (AvgIpc) is 2.82. The van der Waals surface area contributed by atoms with Crippen LogP contribution in [0.15, 0.2) is 18.3 Å². The number of nitrogens with zero attached hydrogens (tertiary/aromatic N) is 1. The van der Waals surface area contributed by atoms with Crippen LogP contribution in [0.3, 0.4) is 0 Å². The molecule has 3 rings (SSSR count). The van der Waals surface area contributed by atoms with Crippen molar-refractivity contribution in [3.63, 3.8) is 0 Å². The summed E-state index contributed by atoms with van der Waals surface area (Å²) in [7, 11) is 0. The Morgan fingerprint density at radius 1 is 1.12 bits per heavy atom. The minimum atomic E-state index is -0.606. The zero-order valence-corrected chi connectivity index (χ0v) is 19.7. The van der Waals surface area contributed by atoms with Gasteiger partial charge >= 0.3 is 0 Å². The number of carbonyl (C=O) groups is 2. The van der Waals surface area contributed by atoms with Crippen molar-refractivity contribution in [3.05, 3.63) is 23.9 Å². The van der Waals surface area contributed by atoms with Gasteiger partial charge in [0.2, 0.25) is 11.8 Å². The molecule has 178 valence electrons. The highest BCUT2D eigenvalue weighted by Gasteiger charge is 2.37. The van der Waals surface area contributed by atoms with Gasteiger partial charge in [-0.25, -0.2) is 4.98 Å². The quantitative estimate of drug-likeness (QED) is 0.467. The Morgan fingerprint density at radius 3 is 2.59 bits per heavy atom. The first-order valence-corrected chi connectivity index (χ1v) is 12.4. The Balaban J connectivity index is 1.68. The highest BCUT2D eigenvalue weighted by molar-refractivity contribution is 5.89. The van der Waals surface area contributed by atoms with Gasteiger partial charge < -0.3 is 22.1 Å². The monoisotopic (exact) mass is 443 g/mol. The average molecular weight is 444 g/mol. The lowest BCUT2D eigenvalue weighted by Crippen LogP contribution is -2.54. The number of anilines is 1. The normalized spacial score (nSPS) is 25.8. The van der Waals surface area contributed by atoms with Crippen LogP contribution in [0.5, 0.6) is 0 Å². The Labute approximate surface area is 192 Å². The molecule has 6 N–H and O–H groups in total. The summed E-state index contributed by atoms with van der Waals surface area (Å²) < 4.78 is 0. The standard InChI is InChI=1S/C25H41N5O2/c1-3-16(2)23(27)25(32)30-21(24(31)29-15-17-11-12-22(26)28-14-17)13-19-9-6-8-18-7-4-5-10-20(18)19/h11-12,14,16,18-21,23H,3-10,13,15,27H2,1-2H3,(H2,26,28)(H,29,31)(H,30,32)/t16?,18?,19?,20?,21-,23-/m0/s1. The summed E-state index contributed by atoms with van der Waals surface area (Å²) in [6.07, 6.45) is 12.0. The molecular formula is C25H41N5O2. The van der Waals surface area contributed by atoms with Crippen molar-refractivity contribution in [1.29, 1.82) is 0 Å². The lowest BCUT2D eigenvalue weighted by Gasteiger charge is -2.42. The minimum Gasteiger partial charge on any atom is -0.384 e. The number of hydrogen-bond donors (Lipinski definition) is 4. The molecule has 1 aromatic rings. The summed E-state index contributed by atoms with van der Waals surface area (Å²) in [5.74, 6) is 2.07. The van der Waals surface area contributed by atoms with Gasteiger partial charge in [0.1, 0.15) is 11.9 Å². The molecule has 1 aromatic heterocycles. The SMILES string of the molecule is CCC(C)[C@H](N)C(=O)N[C@@H](CC1CCCC2CCCCC21)C(=O)NCc1ccc(N)nc1. The van der Waals surface area contributed by atoms with Crippen LogP contribution in [0.4, 0.5) is 5.82 Å². The van der Waals surface area contributed by atoms with Gasteiger partial charge in [0, 0.05) is 12.7 Å². The Bertz CT molecular complexity index is 751. The largest absolute Gasteiger partial charge is 0.384 e. The van der Waals surface area contributed by atoms with Gasteiger partial charge in [-0.3, -0.25) is 9.59 Å². The molecule has 0 radical (unpaired) electrons. The molecule has 2 saturated carbocycles. The molecule has 32 heavy (non-hydrogen) atoms. The fourth-order valence-corrected chi connectivity index (χ4v) is 5.53. The van der Waals surface area contributed by atoms with Crippen LogP contribution < -0.4 is 22.1 Å². The van der Waals surface area contributed by atoms with E-state index < -0.39 is 12.1 Å². The number of aromatic nitrogens is 1. The second-order valence-corrected chi connectivity index (χ2v) is 9.92. The summed E-state index contributed by atoms with van der Waals surface area (Å²) in [5.41, 5.74) is 12.7. The third-order valence-electron chi connectivity index (χ3n) is 7.77. The third kappa shape index (κ3) is 6.44. The maximum Gasteiger partial charge on any atom is 0.242 e. The summed E-state index contributed by atoms with van der Waals surface area (Å²) in [4.78, 5) is 30.1. The van der Waals surface area contributed by atoms with Crippen LogP contribution >= 0.6 is 0 Å². The van der Waals surface area contributed by atoms with E-state index >= 15 is 0 Å². The van der Waals surface area contributed by atoms with Gasteiger partial charge in [-0.1, -0.05) is 64.9 Å². The van der Waals surface area contributed by atoms with Gasteiger partial charge in [0.05, 0.1) is 6.04 Å². The van der Waals surface area contributed by atoms with Crippen LogP contribution in [-0.4, -0.2) is 28.9 Å². The van der Waals surface area contributed by atoms with Gasteiger partial charge in [-0.2, -0.15) is 0 Å². The topological polar surface area (TPSA) is 123 Å². The number of nitrogens with one attached hydrogen (secondary N) is 2. The zero-order chi connectivity index (χ0) is 23.1. The smallest absolute Gasteiger partial charge is 0.242 e. The molecule has 6 atom stereocenters. The molecule has 2 aliphatic rings. The molecule has 0 saturated heterocycles. The predicted octanol–water partition coefficient (Wildman–Crippen LogP) is 3.13. The van der Waals surface area contributed by atoms with E-state index in [1.54, 1.807) is 12.3 Å². The van der Waals surface area contributed by atoms with Crippen molar-refractivity contribution in [2.75, 3.05) is 5.73 Å². The van der Waals surface area contributed by atoms with Gasteiger partial charge in [0.15, 0.2) is 0 Å². The maximum absolute atomic E-state index is 13.2. The van der Waals surface area contributed by atoms with Gasteiger partial charge in [-0.15, -0.1) is 0 Å². The number of fused-ring (bicyclic) bond motifs is 1. The van der Waals surface area contributed by atoms with Crippen molar-refractivity contribution >= 4 is 17.6 Å². The molecule has 0 aliphatic heterocycles. The predicted molar refractivity (Wildman–Crippen MR) is 127 cm³/mol. The molecule has 2 fully saturated rings. The summed E-state index contributed by atoms with van der Waals surface area (Å²) in [6, 6.07) is 2.40. The molecule has 1 heterocycles. The molecule has 0 aromatic carbocycles.